The first-order valence-corrected chi connectivity index (χ1v) is 11.9. The van der Waals surface area contributed by atoms with E-state index >= 15 is 0 Å². The lowest BCUT2D eigenvalue weighted by Crippen LogP contribution is -2.35. The Kier molecular flexibility index (Phi) is 9.69. The van der Waals surface area contributed by atoms with Gasteiger partial charge in [-0.2, -0.15) is 0 Å². The molecule has 0 fully saturated rings. The van der Waals surface area contributed by atoms with E-state index in [1.807, 2.05) is 0 Å². The second-order valence-corrected chi connectivity index (χ2v) is 8.96. The molecule has 3 rings (SSSR count). The Morgan fingerprint density at radius 3 is 2.46 bits per heavy atom. The summed E-state index contributed by atoms with van der Waals surface area (Å²) >= 11 is 0. The number of allylic oxidation sites excluding steroid dienone is 1. The van der Waals surface area contributed by atoms with Crippen LogP contribution in [0.4, 0.5) is 25.1 Å². The largest absolute Gasteiger partial charge is 0.455 e. The predicted octanol–water partition coefficient (Wildman–Crippen LogP) is 5.35. The summed E-state index contributed by atoms with van der Waals surface area (Å²) in [5.74, 6) is -1.66. The molecule has 0 saturated carbocycles. The van der Waals surface area contributed by atoms with E-state index in [1.165, 1.54) is 54.7 Å². The number of halogens is 2. The van der Waals surface area contributed by atoms with Gasteiger partial charge in [0.1, 0.15) is 23.0 Å². The van der Waals surface area contributed by atoms with E-state index in [-0.39, 0.29) is 24.4 Å². The van der Waals surface area contributed by atoms with Gasteiger partial charge in [0.05, 0.1) is 13.0 Å². The number of aromatic nitrogens is 1. The number of esters is 1. The molecule has 3 aromatic rings. The first-order valence-electron chi connectivity index (χ1n) is 11.9. The second-order valence-electron chi connectivity index (χ2n) is 8.96. The number of rotatable bonds is 10. The Bertz CT molecular complexity index is 1360. The molecule has 0 spiro atoms. The third-order valence-electron chi connectivity index (χ3n) is 5.05. The van der Waals surface area contributed by atoms with Crippen molar-refractivity contribution in [3.8, 4) is 11.5 Å². The van der Waals surface area contributed by atoms with E-state index in [1.54, 1.807) is 32.9 Å². The van der Waals surface area contributed by atoms with Crippen molar-refractivity contribution in [2.75, 3.05) is 17.2 Å². The van der Waals surface area contributed by atoms with E-state index in [2.05, 4.69) is 20.9 Å². The SMILES string of the molecule is C/C=C/C(=O)OC(C)(C)CNc1cc(Oc2ccc(NC(=O)NC(=O)Cc3ccc(F)cc3)cc2F)ccn1. The highest BCUT2D eigenvalue weighted by Crippen LogP contribution is 2.28. The number of pyridine rings is 1. The summed E-state index contributed by atoms with van der Waals surface area (Å²) in [6.07, 6.45) is 4.25. The topological polar surface area (TPSA) is 119 Å². The summed E-state index contributed by atoms with van der Waals surface area (Å²) < 4.78 is 38.6. The molecule has 204 valence electrons. The Hall–Kier alpha value is -4.80. The van der Waals surface area contributed by atoms with Crippen molar-refractivity contribution < 1.29 is 32.6 Å². The van der Waals surface area contributed by atoms with Gasteiger partial charge in [-0.25, -0.2) is 23.4 Å². The third-order valence-corrected chi connectivity index (χ3v) is 5.05. The Morgan fingerprint density at radius 2 is 1.77 bits per heavy atom. The van der Waals surface area contributed by atoms with Crippen LogP contribution in [0, 0.1) is 11.6 Å². The maximum absolute atomic E-state index is 14.7. The molecule has 1 heterocycles. The van der Waals surface area contributed by atoms with Gasteiger partial charge >= 0.3 is 12.0 Å². The van der Waals surface area contributed by atoms with Gasteiger partial charge in [0.15, 0.2) is 11.6 Å². The summed E-state index contributed by atoms with van der Waals surface area (Å²) in [6.45, 7) is 5.46. The Balaban J connectivity index is 1.54. The molecule has 0 aliphatic rings. The fraction of sp³-hybridized carbons (Fsp3) is 0.214. The van der Waals surface area contributed by atoms with Crippen molar-refractivity contribution in [3.63, 3.8) is 0 Å². The lowest BCUT2D eigenvalue weighted by atomic mass is 10.1. The molecule has 0 saturated heterocycles. The molecule has 1 aromatic heterocycles. The van der Waals surface area contributed by atoms with Crippen LogP contribution in [0.25, 0.3) is 0 Å². The van der Waals surface area contributed by atoms with Crippen molar-refractivity contribution in [1.82, 2.24) is 10.3 Å². The average molecular weight is 539 g/mol. The normalized spacial score (nSPS) is 11.1. The van der Waals surface area contributed by atoms with Crippen LogP contribution in [0.1, 0.15) is 26.3 Å². The number of carbonyl (C=O) groups is 3. The van der Waals surface area contributed by atoms with E-state index in [0.717, 1.165) is 6.07 Å². The number of nitrogens with one attached hydrogen (secondary N) is 3. The number of ether oxygens (including phenoxy) is 2. The molecule has 0 atom stereocenters. The smallest absolute Gasteiger partial charge is 0.331 e. The van der Waals surface area contributed by atoms with Gasteiger partial charge in [-0.15, -0.1) is 0 Å². The van der Waals surface area contributed by atoms with Gasteiger partial charge in [0, 0.05) is 30.1 Å². The minimum Gasteiger partial charge on any atom is -0.455 e. The van der Waals surface area contributed by atoms with Crippen molar-refractivity contribution in [3.05, 3.63) is 90.1 Å². The van der Waals surface area contributed by atoms with Gasteiger partial charge in [-0.3, -0.25) is 10.1 Å². The predicted molar refractivity (Wildman–Crippen MR) is 141 cm³/mol. The number of carbonyl (C=O) groups excluding carboxylic acids is 3. The summed E-state index contributed by atoms with van der Waals surface area (Å²) in [7, 11) is 0. The van der Waals surface area contributed by atoms with Crippen LogP contribution >= 0.6 is 0 Å². The molecule has 0 unspecified atom stereocenters. The third kappa shape index (κ3) is 9.54. The molecule has 11 heteroatoms. The number of hydrogen-bond donors (Lipinski definition) is 3. The maximum atomic E-state index is 14.7. The van der Waals surface area contributed by atoms with Crippen LogP contribution in [0.15, 0.2) is 72.9 Å². The van der Waals surface area contributed by atoms with Crippen molar-refractivity contribution in [2.24, 2.45) is 0 Å². The monoisotopic (exact) mass is 538 g/mol. The van der Waals surface area contributed by atoms with Crippen LogP contribution in [-0.4, -0.2) is 35.0 Å². The Morgan fingerprint density at radius 1 is 1.03 bits per heavy atom. The molecule has 3 amide bonds. The fourth-order valence-corrected chi connectivity index (χ4v) is 3.26. The van der Waals surface area contributed by atoms with Gasteiger partial charge in [0.2, 0.25) is 5.91 Å². The zero-order valence-electron chi connectivity index (χ0n) is 21.6. The van der Waals surface area contributed by atoms with E-state index < -0.39 is 35.1 Å². The number of hydrogen-bond acceptors (Lipinski definition) is 7. The highest BCUT2D eigenvalue weighted by atomic mass is 19.1. The molecular formula is C28H28F2N4O5. The summed E-state index contributed by atoms with van der Waals surface area (Å²) in [6, 6.07) is 11.3. The first-order chi connectivity index (χ1) is 18.5. The summed E-state index contributed by atoms with van der Waals surface area (Å²) in [4.78, 5) is 40.0. The molecule has 0 radical (unpaired) electrons. The number of nitrogens with zero attached hydrogens (tertiary/aromatic N) is 1. The molecule has 39 heavy (non-hydrogen) atoms. The lowest BCUT2D eigenvalue weighted by Gasteiger charge is -2.25. The molecule has 0 aliphatic heterocycles. The lowest BCUT2D eigenvalue weighted by molar-refractivity contribution is -0.148. The van der Waals surface area contributed by atoms with Crippen molar-refractivity contribution >= 4 is 29.4 Å². The molecule has 0 bridgehead atoms. The van der Waals surface area contributed by atoms with E-state index in [4.69, 9.17) is 9.47 Å². The minimum atomic E-state index is -0.848. The van der Waals surface area contributed by atoms with Crippen LogP contribution in [0.2, 0.25) is 0 Å². The number of imide groups is 1. The van der Waals surface area contributed by atoms with Gasteiger partial charge in [-0.1, -0.05) is 18.2 Å². The second kappa shape index (κ2) is 13.1. The quantitative estimate of drug-likeness (QED) is 0.235. The zero-order chi connectivity index (χ0) is 28.4. The molecular weight excluding hydrogens is 510 g/mol. The summed E-state index contributed by atoms with van der Waals surface area (Å²) in [5.41, 5.74) is -0.193. The summed E-state index contributed by atoms with van der Waals surface area (Å²) in [5, 5.41) is 7.56. The Labute approximate surface area is 224 Å². The average Bonchev–Trinajstić information content (AvgIpc) is 2.86. The number of amides is 3. The molecule has 3 N–H and O–H groups in total. The zero-order valence-corrected chi connectivity index (χ0v) is 21.6. The minimum absolute atomic E-state index is 0.0960. The van der Waals surface area contributed by atoms with Gasteiger partial charge < -0.3 is 20.1 Å². The molecule has 2 aromatic carbocycles. The highest BCUT2D eigenvalue weighted by molar-refractivity contribution is 6.01. The van der Waals surface area contributed by atoms with E-state index in [0.29, 0.717) is 17.1 Å². The molecule has 0 aliphatic carbocycles. The first kappa shape index (κ1) is 28.8. The number of urea groups is 1. The fourth-order valence-electron chi connectivity index (χ4n) is 3.26. The van der Waals surface area contributed by atoms with E-state index in [9.17, 15) is 23.2 Å². The number of anilines is 2. The maximum Gasteiger partial charge on any atom is 0.331 e. The van der Waals surface area contributed by atoms with Crippen LogP contribution in [0.3, 0.4) is 0 Å². The van der Waals surface area contributed by atoms with Crippen LogP contribution in [0.5, 0.6) is 11.5 Å². The van der Waals surface area contributed by atoms with Crippen molar-refractivity contribution in [1.29, 1.82) is 0 Å². The molecule has 9 nitrogen and oxygen atoms in total. The number of benzene rings is 2. The van der Waals surface area contributed by atoms with Crippen molar-refractivity contribution in [2.45, 2.75) is 32.8 Å². The standard InChI is InChI=1S/C28H28F2N4O5/c1-4-5-26(36)39-28(2,3)17-32-24-16-21(12-13-31-24)38-23-11-10-20(15-22(23)30)33-27(37)34-25(35)14-18-6-8-19(29)9-7-18/h4-13,15-16H,14,17H2,1-3H3,(H,31,32)(H2,33,34,35,37)/b5-4+. The van der Waals surface area contributed by atoms with Gasteiger partial charge in [-0.05, 0) is 56.7 Å². The van der Waals surface area contributed by atoms with Crippen LogP contribution < -0.4 is 20.7 Å². The highest BCUT2D eigenvalue weighted by Gasteiger charge is 2.22. The van der Waals surface area contributed by atoms with Crippen LogP contribution in [-0.2, 0) is 20.7 Å². The van der Waals surface area contributed by atoms with Gasteiger partial charge in [0.25, 0.3) is 0 Å².